The van der Waals surface area contributed by atoms with Crippen molar-refractivity contribution < 1.29 is 8.78 Å². The molecule has 1 rings (SSSR count). The molecule has 0 unspecified atom stereocenters. The van der Waals surface area contributed by atoms with Crippen molar-refractivity contribution in [3.8, 4) is 0 Å². The summed E-state index contributed by atoms with van der Waals surface area (Å²) >= 11 is 0. The van der Waals surface area contributed by atoms with Gasteiger partial charge in [-0.05, 0) is 13.3 Å². The molecule has 0 spiro atoms. The minimum Gasteiger partial charge on any atom is -0.328 e. The third-order valence-corrected chi connectivity index (χ3v) is 2.11. The van der Waals surface area contributed by atoms with Crippen molar-refractivity contribution >= 4 is 0 Å². The molecule has 1 atom stereocenters. The number of rotatable bonds is 4. The highest BCUT2D eigenvalue weighted by molar-refractivity contribution is 5.19. The van der Waals surface area contributed by atoms with Crippen LogP contribution in [0.15, 0.2) is 30.3 Å². The van der Waals surface area contributed by atoms with Crippen LogP contribution < -0.4 is 5.73 Å². The van der Waals surface area contributed by atoms with E-state index in [4.69, 9.17) is 5.73 Å². The van der Waals surface area contributed by atoms with Crippen LogP contribution in [0.1, 0.15) is 25.3 Å². The molecule has 1 nitrogen and oxygen atoms in total. The van der Waals surface area contributed by atoms with Crippen molar-refractivity contribution in [2.24, 2.45) is 5.73 Å². The van der Waals surface area contributed by atoms with E-state index in [2.05, 4.69) is 0 Å². The van der Waals surface area contributed by atoms with E-state index in [1.165, 1.54) is 12.1 Å². The van der Waals surface area contributed by atoms with Crippen LogP contribution in [0.2, 0.25) is 0 Å². The second-order valence-electron chi connectivity index (χ2n) is 3.59. The van der Waals surface area contributed by atoms with Gasteiger partial charge in [0.25, 0.3) is 5.92 Å². The molecule has 0 radical (unpaired) electrons. The van der Waals surface area contributed by atoms with Gasteiger partial charge < -0.3 is 5.73 Å². The Labute approximate surface area is 82.9 Å². The molecule has 0 bridgehead atoms. The van der Waals surface area contributed by atoms with Crippen molar-refractivity contribution in [1.82, 2.24) is 0 Å². The fourth-order valence-electron chi connectivity index (χ4n) is 1.24. The summed E-state index contributed by atoms with van der Waals surface area (Å²) in [4.78, 5) is 0. The van der Waals surface area contributed by atoms with Gasteiger partial charge in [0.2, 0.25) is 0 Å². The van der Waals surface area contributed by atoms with Crippen LogP contribution >= 0.6 is 0 Å². The van der Waals surface area contributed by atoms with Crippen LogP contribution in [-0.4, -0.2) is 6.04 Å². The van der Waals surface area contributed by atoms with Crippen LogP contribution in [0.3, 0.4) is 0 Å². The first kappa shape index (κ1) is 11.1. The number of benzene rings is 1. The summed E-state index contributed by atoms with van der Waals surface area (Å²) in [6.45, 7) is 1.74. The monoisotopic (exact) mass is 199 g/mol. The van der Waals surface area contributed by atoms with Crippen molar-refractivity contribution in [3.05, 3.63) is 35.9 Å². The first-order valence-corrected chi connectivity index (χ1v) is 4.71. The van der Waals surface area contributed by atoms with Gasteiger partial charge in [0, 0.05) is 18.0 Å². The lowest BCUT2D eigenvalue weighted by Crippen LogP contribution is -2.20. The van der Waals surface area contributed by atoms with Crippen LogP contribution in [0.5, 0.6) is 0 Å². The molecule has 0 aliphatic carbocycles. The highest BCUT2D eigenvalue weighted by atomic mass is 19.3. The standard InChI is InChI=1S/C11H15F2N/c1-9(14)7-8-11(12,13)10-5-3-2-4-6-10/h2-6,9H,7-8,14H2,1H3/t9-/m0/s1. The minimum absolute atomic E-state index is 0.0700. The van der Waals surface area contributed by atoms with Crippen LogP contribution in [0.25, 0.3) is 0 Å². The first-order valence-electron chi connectivity index (χ1n) is 4.71. The first-order chi connectivity index (χ1) is 6.52. The largest absolute Gasteiger partial charge is 0.328 e. The topological polar surface area (TPSA) is 26.0 Å². The van der Waals surface area contributed by atoms with Crippen LogP contribution in [0.4, 0.5) is 8.78 Å². The molecule has 1 aromatic carbocycles. The molecule has 0 fully saturated rings. The van der Waals surface area contributed by atoms with E-state index < -0.39 is 5.92 Å². The zero-order valence-electron chi connectivity index (χ0n) is 8.21. The van der Waals surface area contributed by atoms with Crippen molar-refractivity contribution in [2.45, 2.75) is 31.7 Å². The van der Waals surface area contributed by atoms with Gasteiger partial charge in [-0.2, -0.15) is 0 Å². The molecule has 0 aliphatic heterocycles. The lowest BCUT2D eigenvalue weighted by Gasteiger charge is -2.17. The van der Waals surface area contributed by atoms with Gasteiger partial charge >= 0.3 is 0 Å². The lowest BCUT2D eigenvalue weighted by molar-refractivity contribution is -0.0164. The van der Waals surface area contributed by atoms with Crippen LogP contribution in [0, 0.1) is 0 Å². The Hall–Kier alpha value is -0.960. The molecule has 14 heavy (non-hydrogen) atoms. The van der Waals surface area contributed by atoms with Crippen molar-refractivity contribution in [3.63, 3.8) is 0 Å². The smallest absolute Gasteiger partial charge is 0.273 e. The van der Waals surface area contributed by atoms with E-state index in [0.29, 0.717) is 6.42 Å². The Balaban J connectivity index is 2.66. The highest BCUT2D eigenvalue weighted by Crippen LogP contribution is 2.32. The minimum atomic E-state index is -2.76. The van der Waals surface area contributed by atoms with E-state index in [-0.39, 0.29) is 18.0 Å². The summed E-state index contributed by atoms with van der Waals surface area (Å²) in [5.41, 5.74) is 5.51. The van der Waals surface area contributed by atoms with Gasteiger partial charge in [-0.25, -0.2) is 8.78 Å². The van der Waals surface area contributed by atoms with E-state index in [0.717, 1.165) is 0 Å². The van der Waals surface area contributed by atoms with Gasteiger partial charge in [-0.15, -0.1) is 0 Å². The van der Waals surface area contributed by atoms with Gasteiger partial charge in [-0.1, -0.05) is 30.3 Å². The van der Waals surface area contributed by atoms with E-state index in [1.807, 2.05) is 0 Å². The summed E-state index contributed by atoms with van der Waals surface area (Å²) in [6.07, 6.45) is 0.149. The fraction of sp³-hybridized carbons (Fsp3) is 0.455. The number of alkyl halides is 2. The number of hydrogen-bond donors (Lipinski definition) is 1. The van der Waals surface area contributed by atoms with Crippen molar-refractivity contribution in [1.29, 1.82) is 0 Å². The SMILES string of the molecule is C[C@H](N)CCC(F)(F)c1ccccc1. The predicted octanol–water partition coefficient (Wildman–Crippen LogP) is 2.91. The maximum absolute atomic E-state index is 13.5. The third-order valence-electron chi connectivity index (χ3n) is 2.11. The summed E-state index contributed by atoms with van der Waals surface area (Å²) < 4.78 is 26.9. The molecule has 1 aromatic rings. The molecule has 0 heterocycles. The summed E-state index contributed by atoms with van der Waals surface area (Å²) in [5.74, 6) is -2.76. The van der Waals surface area contributed by atoms with Gasteiger partial charge in [0.05, 0.1) is 0 Å². The predicted molar refractivity (Wildman–Crippen MR) is 53.2 cm³/mol. The fourth-order valence-corrected chi connectivity index (χ4v) is 1.24. The van der Waals surface area contributed by atoms with Gasteiger partial charge in [0.15, 0.2) is 0 Å². The normalized spacial score (nSPS) is 14.0. The summed E-state index contributed by atoms with van der Waals surface area (Å²) in [7, 11) is 0. The van der Waals surface area contributed by atoms with E-state index in [9.17, 15) is 8.78 Å². The molecule has 0 saturated carbocycles. The zero-order valence-corrected chi connectivity index (χ0v) is 8.21. The number of nitrogens with two attached hydrogens (primary N) is 1. The van der Waals surface area contributed by atoms with E-state index in [1.54, 1.807) is 25.1 Å². The highest BCUT2D eigenvalue weighted by Gasteiger charge is 2.30. The molecule has 0 saturated heterocycles. The average Bonchev–Trinajstić information content (AvgIpc) is 2.16. The molecule has 3 heteroatoms. The van der Waals surface area contributed by atoms with Gasteiger partial charge in [-0.3, -0.25) is 0 Å². The summed E-state index contributed by atoms with van der Waals surface area (Å²) in [5, 5.41) is 0. The lowest BCUT2D eigenvalue weighted by atomic mass is 10.0. The molecule has 78 valence electrons. The molecule has 0 aromatic heterocycles. The quantitative estimate of drug-likeness (QED) is 0.792. The summed E-state index contributed by atoms with van der Waals surface area (Å²) in [6, 6.07) is 7.68. The second kappa shape index (κ2) is 4.51. The zero-order chi connectivity index (χ0) is 10.6. The molecule has 0 aliphatic rings. The Morgan fingerprint density at radius 2 is 1.86 bits per heavy atom. The Bertz CT molecular complexity index is 270. The Kier molecular flexibility index (Phi) is 3.58. The molecular formula is C11H15F2N. The van der Waals surface area contributed by atoms with E-state index >= 15 is 0 Å². The maximum atomic E-state index is 13.5. The molecule has 0 amide bonds. The Morgan fingerprint density at radius 3 is 2.36 bits per heavy atom. The molecule has 2 N–H and O–H groups in total. The number of hydrogen-bond acceptors (Lipinski definition) is 1. The Morgan fingerprint density at radius 1 is 1.29 bits per heavy atom. The second-order valence-corrected chi connectivity index (χ2v) is 3.59. The average molecular weight is 199 g/mol. The van der Waals surface area contributed by atoms with Crippen LogP contribution in [-0.2, 0) is 5.92 Å². The number of halogens is 2. The maximum Gasteiger partial charge on any atom is 0.273 e. The molecular weight excluding hydrogens is 184 g/mol. The van der Waals surface area contributed by atoms with Gasteiger partial charge in [0.1, 0.15) is 0 Å². The van der Waals surface area contributed by atoms with Crippen molar-refractivity contribution in [2.75, 3.05) is 0 Å². The third kappa shape index (κ3) is 3.07.